The van der Waals surface area contributed by atoms with E-state index in [2.05, 4.69) is 5.32 Å². The molecule has 0 aromatic heterocycles. The van der Waals surface area contributed by atoms with Gasteiger partial charge in [-0.05, 0) is 37.3 Å². The van der Waals surface area contributed by atoms with Gasteiger partial charge in [0, 0.05) is 11.3 Å². The highest BCUT2D eigenvalue weighted by Gasteiger charge is 2.33. The van der Waals surface area contributed by atoms with E-state index in [9.17, 15) is 22.7 Å². The summed E-state index contributed by atoms with van der Waals surface area (Å²) in [7, 11) is 0. The molecule has 0 saturated heterocycles. The predicted molar refractivity (Wildman–Crippen MR) is 71.5 cm³/mol. The Hall–Kier alpha value is -2.24. The Bertz CT molecular complexity index is 640. The van der Waals surface area contributed by atoms with Gasteiger partial charge in [-0.25, -0.2) is 4.39 Å². The lowest BCUT2D eigenvalue weighted by Gasteiger charge is -2.20. The number of aromatic hydroxyl groups is 1. The summed E-state index contributed by atoms with van der Waals surface area (Å²) in [6.45, 7) is 1.54. The minimum Gasteiger partial charge on any atom is -0.508 e. The molecule has 0 aliphatic carbocycles. The number of rotatable bonds is 3. The fourth-order valence-corrected chi connectivity index (χ4v) is 2.04. The van der Waals surface area contributed by atoms with Crippen LogP contribution in [0.1, 0.15) is 24.1 Å². The fourth-order valence-electron chi connectivity index (χ4n) is 2.04. The molecule has 0 heterocycles. The summed E-state index contributed by atoms with van der Waals surface area (Å²) in [4.78, 5) is 0. The molecule has 2 nitrogen and oxygen atoms in total. The van der Waals surface area contributed by atoms with E-state index in [4.69, 9.17) is 0 Å². The van der Waals surface area contributed by atoms with Crippen molar-refractivity contribution in [1.82, 2.24) is 0 Å². The molecule has 0 aliphatic heterocycles. The van der Waals surface area contributed by atoms with Crippen LogP contribution >= 0.6 is 0 Å². The molecule has 0 fully saturated rings. The van der Waals surface area contributed by atoms with Gasteiger partial charge in [0.1, 0.15) is 11.6 Å². The molecule has 0 bridgehead atoms. The molecule has 0 amide bonds. The molecule has 21 heavy (non-hydrogen) atoms. The second-order valence-electron chi connectivity index (χ2n) is 4.61. The number of hydrogen-bond donors (Lipinski definition) is 2. The highest BCUT2D eigenvalue weighted by Crippen LogP contribution is 2.36. The molecule has 0 spiro atoms. The number of anilines is 1. The maximum Gasteiger partial charge on any atom is 0.418 e. The lowest BCUT2D eigenvalue weighted by atomic mass is 10.1. The lowest BCUT2D eigenvalue weighted by Crippen LogP contribution is -2.13. The number of benzene rings is 2. The SMILES string of the molecule is CC(Nc1ccccc1C(F)(F)F)c1cc(F)ccc1O. The van der Waals surface area contributed by atoms with Crippen LogP contribution in [0.3, 0.4) is 0 Å². The summed E-state index contributed by atoms with van der Waals surface area (Å²) in [6.07, 6.45) is -4.49. The van der Waals surface area contributed by atoms with Crippen LogP contribution in [0.15, 0.2) is 42.5 Å². The first kappa shape index (κ1) is 15.2. The van der Waals surface area contributed by atoms with Crippen LogP contribution in [0.25, 0.3) is 0 Å². The van der Waals surface area contributed by atoms with Gasteiger partial charge >= 0.3 is 6.18 Å². The molecule has 2 rings (SSSR count). The minimum atomic E-state index is -4.49. The van der Waals surface area contributed by atoms with E-state index < -0.39 is 23.6 Å². The maximum absolute atomic E-state index is 13.2. The number of phenols is 1. The van der Waals surface area contributed by atoms with Crippen LogP contribution in [0.4, 0.5) is 23.2 Å². The van der Waals surface area contributed by atoms with E-state index in [1.165, 1.54) is 24.3 Å². The van der Waals surface area contributed by atoms with Crippen LogP contribution < -0.4 is 5.32 Å². The fraction of sp³-hybridized carbons (Fsp3) is 0.200. The minimum absolute atomic E-state index is 0.124. The zero-order valence-corrected chi connectivity index (χ0v) is 11.1. The molecular formula is C15H13F4NO. The van der Waals surface area contributed by atoms with E-state index in [0.29, 0.717) is 0 Å². The molecule has 0 radical (unpaired) electrons. The summed E-state index contributed by atoms with van der Waals surface area (Å²) in [6, 6.07) is 7.64. The van der Waals surface area contributed by atoms with Crippen molar-refractivity contribution in [3.05, 3.63) is 59.4 Å². The number of alkyl halides is 3. The van der Waals surface area contributed by atoms with Gasteiger partial charge in [0.25, 0.3) is 0 Å². The number of nitrogens with one attached hydrogen (secondary N) is 1. The highest BCUT2D eigenvalue weighted by molar-refractivity contribution is 5.54. The number of halogens is 4. The summed E-state index contributed by atoms with van der Waals surface area (Å²) in [5.74, 6) is -0.749. The predicted octanol–water partition coefficient (Wildman–Crippen LogP) is 4.72. The van der Waals surface area contributed by atoms with Gasteiger partial charge in [0.05, 0.1) is 11.6 Å². The number of para-hydroxylation sites is 1. The van der Waals surface area contributed by atoms with Crippen LogP contribution in [0.2, 0.25) is 0 Å². The topological polar surface area (TPSA) is 32.3 Å². The van der Waals surface area contributed by atoms with Crippen molar-refractivity contribution in [1.29, 1.82) is 0 Å². The molecule has 2 aromatic carbocycles. The largest absolute Gasteiger partial charge is 0.508 e. The first-order valence-electron chi connectivity index (χ1n) is 6.20. The van der Waals surface area contributed by atoms with Crippen molar-refractivity contribution in [3.63, 3.8) is 0 Å². The van der Waals surface area contributed by atoms with Crippen molar-refractivity contribution in [2.24, 2.45) is 0 Å². The van der Waals surface area contributed by atoms with Gasteiger partial charge < -0.3 is 10.4 Å². The maximum atomic E-state index is 13.2. The number of phenolic OH excluding ortho intramolecular Hbond substituents is 1. The zero-order valence-electron chi connectivity index (χ0n) is 11.1. The van der Waals surface area contributed by atoms with E-state index in [-0.39, 0.29) is 17.0 Å². The van der Waals surface area contributed by atoms with Gasteiger partial charge in [-0.3, -0.25) is 0 Å². The molecule has 1 atom stereocenters. The Morgan fingerprint density at radius 1 is 1.10 bits per heavy atom. The molecule has 1 unspecified atom stereocenters. The zero-order chi connectivity index (χ0) is 15.6. The van der Waals surface area contributed by atoms with Gasteiger partial charge in [0.2, 0.25) is 0 Å². The third kappa shape index (κ3) is 3.45. The third-order valence-corrected chi connectivity index (χ3v) is 3.06. The Kier molecular flexibility index (Phi) is 4.06. The standard InChI is InChI=1S/C15H13F4NO/c1-9(11-8-10(16)6-7-14(11)21)20-13-5-3-2-4-12(13)15(17,18)19/h2-9,20-21H,1H3. The van der Waals surface area contributed by atoms with Crippen LogP contribution in [-0.4, -0.2) is 5.11 Å². The van der Waals surface area contributed by atoms with E-state index in [1.54, 1.807) is 6.92 Å². The molecule has 6 heteroatoms. The average Bonchev–Trinajstić information content (AvgIpc) is 2.41. The Morgan fingerprint density at radius 3 is 2.43 bits per heavy atom. The van der Waals surface area contributed by atoms with Crippen LogP contribution in [-0.2, 0) is 6.18 Å². The van der Waals surface area contributed by atoms with Crippen LogP contribution in [0.5, 0.6) is 5.75 Å². The molecule has 0 aliphatic rings. The molecular weight excluding hydrogens is 286 g/mol. The van der Waals surface area contributed by atoms with E-state index >= 15 is 0 Å². The van der Waals surface area contributed by atoms with Gasteiger partial charge in [0.15, 0.2) is 0 Å². The van der Waals surface area contributed by atoms with Crippen molar-refractivity contribution < 1.29 is 22.7 Å². The first-order chi connectivity index (χ1) is 9.79. The van der Waals surface area contributed by atoms with E-state index in [0.717, 1.165) is 18.2 Å². The normalized spacial score (nSPS) is 13.0. The smallest absolute Gasteiger partial charge is 0.418 e. The Labute approximate surface area is 119 Å². The summed E-state index contributed by atoms with van der Waals surface area (Å²) in [5, 5.41) is 12.3. The average molecular weight is 299 g/mol. The van der Waals surface area contributed by atoms with Gasteiger partial charge in [-0.1, -0.05) is 12.1 Å². The van der Waals surface area contributed by atoms with Crippen molar-refractivity contribution in [3.8, 4) is 5.75 Å². The lowest BCUT2D eigenvalue weighted by molar-refractivity contribution is -0.137. The third-order valence-electron chi connectivity index (χ3n) is 3.06. The quantitative estimate of drug-likeness (QED) is 0.803. The van der Waals surface area contributed by atoms with Crippen molar-refractivity contribution in [2.45, 2.75) is 19.1 Å². The Balaban J connectivity index is 2.32. The molecule has 0 saturated carbocycles. The monoisotopic (exact) mass is 299 g/mol. The van der Waals surface area contributed by atoms with Crippen molar-refractivity contribution in [2.75, 3.05) is 5.32 Å². The first-order valence-corrected chi connectivity index (χ1v) is 6.20. The molecule has 112 valence electrons. The Morgan fingerprint density at radius 2 is 1.76 bits per heavy atom. The van der Waals surface area contributed by atoms with E-state index in [1.807, 2.05) is 0 Å². The summed E-state index contributed by atoms with van der Waals surface area (Å²) in [5.41, 5.74) is -0.749. The molecule has 2 aromatic rings. The second-order valence-corrected chi connectivity index (χ2v) is 4.61. The van der Waals surface area contributed by atoms with Gasteiger partial charge in [-0.15, -0.1) is 0 Å². The van der Waals surface area contributed by atoms with Gasteiger partial charge in [-0.2, -0.15) is 13.2 Å². The highest BCUT2D eigenvalue weighted by atomic mass is 19.4. The number of hydrogen-bond acceptors (Lipinski definition) is 2. The summed E-state index contributed by atoms with van der Waals surface area (Å²) >= 11 is 0. The molecule has 2 N–H and O–H groups in total. The summed E-state index contributed by atoms with van der Waals surface area (Å²) < 4.78 is 51.9. The van der Waals surface area contributed by atoms with Crippen molar-refractivity contribution >= 4 is 5.69 Å². The van der Waals surface area contributed by atoms with Crippen LogP contribution in [0, 0.1) is 5.82 Å². The second kappa shape index (κ2) is 5.63.